The molecule has 1 saturated carbocycles. The summed E-state index contributed by atoms with van der Waals surface area (Å²) in [5.74, 6) is 0.946. The predicted molar refractivity (Wildman–Crippen MR) is 86.8 cm³/mol. The fraction of sp³-hybridized carbons (Fsp3) is 0.444. The van der Waals surface area contributed by atoms with Crippen molar-refractivity contribution >= 4 is 5.91 Å². The zero-order chi connectivity index (χ0) is 15.5. The molecule has 1 atom stereocenters. The number of benzene rings is 1. The maximum Gasteiger partial charge on any atom is 0.222 e. The van der Waals surface area contributed by atoms with Crippen molar-refractivity contribution in [3.63, 3.8) is 0 Å². The van der Waals surface area contributed by atoms with Crippen LogP contribution in [0.25, 0.3) is 5.69 Å². The molecule has 0 N–H and O–H groups in total. The summed E-state index contributed by atoms with van der Waals surface area (Å²) in [4.78, 5) is 14.2. The largest absolute Gasteiger partial charge is 0.343 e. The molecule has 1 heterocycles. The van der Waals surface area contributed by atoms with E-state index in [1.54, 1.807) is 0 Å². The highest BCUT2D eigenvalue weighted by Gasteiger charge is 2.32. The molecular weight excluding hydrogens is 274 g/mol. The number of aryl methyl sites for hydroxylation is 1. The quantitative estimate of drug-likeness (QED) is 0.822. The molecule has 1 aromatic heterocycles. The molecule has 1 aliphatic rings. The minimum Gasteiger partial charge on any atom is -0.343 e. The number of aromatic nitrogens is 2. The lowest BCUT2D eigenvalue weighted by Gasteiger charge is -2.24. The maximum absolute atomic E-state index is 12.3. The molecule has 3 rings (SSSR count). The lowest BCUT2D eigenvalue weighted by molar-refractivity contribution is -0.132. The molecule has 1 amide bonds. The summed E-state index contributed by atoms with van der Waals surface area (Å²) in [5, 5.41) is 4.37. The molecule has 2 aromatic rings. The van der Waals surface area contributed by atoms with Crippen LogP contribution in [-0.4, -0.2) is 33.7 Å². The molecule has 4 heteroatoms. The van der Waals surface area contributed by atoms with Crippen LogP contribution in [0.5, 0.6) is 0 Å². The van der Waals surface area contributed by atoms with Gasteiger partial charge in [0, 0.05) is 25.7 Å². The van der Waals surface area contributed by atoms with E-state index in [0.29, 0.717) is 12.5 Å². The van der Waals surface area contributed by atoms with Gasteiger partial charge in [-0.2, -0.15) is 5.10 Å². The van der Waals surface area contributed by atoms with E-state index in [0.717, 1.165) is 23.6 Å². The predicted octanol–water partition coefficient (Wildman–Crippen LogP) is 3.06. The normalized spacial score (nSPS) is 15.5. The van der Waals surface area contributed by atoms with Crippen molar-refractivity contribution in [2.75, 3.05) is 7.05 Å². The Balaban J connectivity index is 1.55. The Morgan fingerprint density at radius 2 is 2.09 bits per heavy atom. The molecule has 0 aliphatic heterocycles. The van der Waals surface area contributed by atoms with Crippen molar-refractivity contribution in [1.82, 2.24) is 14.7 Å². The molecule has 1 aliphatic carbocycles. The van der Waals surface area contributed by atoms with Crippen molar-refractivity contribution in [1.29, 1.82) is 0 Å². The molecule has 0 spiro atoms. The number of para-hydroxylation sites is 1. The fourth-order valence-electron chi connectivity index (χ4n) is 2.76. The first kappa shape index (κ1) is 14.8. The molecule has 116 valence electrons. The van der Waals surface area contributed by atoms with Gasteiger partial charge in [0.25, 0.3) is 0 Å². The van der Waals surface area contributed by atoms with Crippen molar-refractivity contribution in [2.24, 2.45) is 5.92 Å². The van der Waals surface area contributed by atoms with E-state index in [9.17, 15) is 4.79 Å². The third-order valence-electron chi connectivity index (χ3n) is 4.59. The van der Waals surface area contributed by atoms with E-state index in [2.05, 4.69) is 12.0 Å². The Morgan fingerprint density at radius 3 is 2.77 bits per heavy atom. The zero-order valence-corrected chi connectivity index (χ0v) is 13.3. The van der Waals surface area contributed by atoms with Gasteiger partial charge in [0.15, 0.2) is 0 Å². The van der Waals surface area contributed by atoms with Gasteiger partial charge in [0.05, 0.1) is 11.9 Å². The first-order valence-electron chi connectivity index (χ1n) is 8.00. The van der Waals surface area contributed by atoms with Gasteiger partial charge in [-0.15, -0.1) is 0 Å². The first-order chi connectivity index (χ1) is 10.6. The zero-order valence-electron chi connectivity index (χ0n) is 13.3. The molecule has 0 bridgehead atoms. The number of hydrogen-bond donors (Lipinski definition) is 0. The Morgan fingerprint density at radius 1 is 1.36 bits per heavy atom. The summed E-state index contributed by atoms with van der Waals surface area (Å²) in [5.41, 5.74) is 2.14. The van der Waals surface area contributed by atoms with Crippen molar-refractivity contribution in [3.05, 3.63) is 48.3 Å². The van der Waals surface area contributed by atoms with E-state index >= 15 is 0 Å². The van der Waals surface area contributed by atoms with Crippen molar-refractivity contribution in [2.45, 2.75) is 38.6 Å². The minimum absolute atomic E-state index is 0.229. The number of hydrogen-bond acceptors (Lipinski definition) is 2. The number of rotatable bonds is 6. The summed E-state index contributed by atoms with van der Waals surface area (Å²) in [6, 6.07) is 10.4. The lowest BCUT2D eigenvalue weighted by Crippen LogP contribution is -2.36. The van der Waals surface area contributed by atoms with Crippen LogP contribution in [0.1, 0.15) is 31.7 Å². The van der Waals surface area contributed by atoms with Gasteiger partial charge >= 0.3 is 0 Å². The van der Waals surface area contributed by atoms with Gasteiger partial charge in [-0.3, -0.25) is 4.79 Å². The van der Waals surface area contributed by atoms with Crippen molar-refractivity contribution in [3.8, 4) is 5.69 Å². The van der Waals surface area contributed by atoms with Crippen LogP contribution < -0.4 is 0 Å². The Bertz CT molecular complexity index is 631. The van der Waals surface area contributed by atoms with E-state index in [-0.39, 0.29) is 5.91 Å². The van der Waals surface area contributed by atoms with E-state index in [1.165, 1.54) is 12.8 Å². The lowest BCUT2D eigenvalue weighted by atomic mass is 10.1. The van der Waals surface area contributed by atoms with Crippen LogP contribution in [0.15, 0.2) is 42.7 Å². The van der Waals surface area contributed by atoms with Crippen LogP contribution in [0.3, 0.4) is 0 Å². The van der Waals surface area contributed by atoms with Crippen LogP contribution in [0, 0.1) is 5.92 Å². The molecule has 4 nitrogen and oxygen atoms in total. The monoisotopic (exact) mass is 297 g/mol. The maximum atomic E-state index is 12.3. The van der Waals surface area contributed by atoms with E-state index in [4.69, 9.17) is 0 Å². The second kappa shape index (κ2) is 6.34. The van der Waals surface area contributed by atoms with E-state index in [1.807, 2.05) is 59.4 Å². The molecule has 22 heavy (non-hydrogen) atoms. The van der Waals surface area contributed by atoms with Crippen LogP contribution >= 0.6 is 0 Å². The van der Waals surface area contributed by atoms with Crippen molar-refractivity contribution < 1.29 is 4.79 Å². The van der Waals surface area contributed by atoms with Gasteiger partial charge in [-0.1, -0.05) is 18.2 Å². The fourth-order valence-corrected chi connectivity index (χ4v) is 2.76. The first-order valence-corrected chi connectivity index (χ1v) is 8.00. The molecule has 0 saturated heterocycles. The molecule has 0 radical (unpaired) electrons. The summed E-state index contributed by atoms with van der Waals surface area (Å²) < 4.78 is 1.86. The Hall–Kier alpha value is -2.10. The SMILES string of the molecule is CC(C1CC1)N(C)C(=O)CCc1cnn(-c2ccccc2)c1. The average Bonchev–Trinajstić information content (AvgIpc) is 3.30. The van der Waals surface area contributed by atoms with Gasteiger partial charge in [0.2, 0.25) is 5.91 Å². The van der Waals surface area contributed by atoms with E-state index < -0.39 is 0 Å². The van der Waals surface area contributed by atoms with Crippen LogP contribution in [-0.2, 0) is 11.2 Å². The third kappa shape index (κ3) is 3.38. The number of nitrogens with zero attached hydrogens (tertiary/aromatic N) is 3. The standard InChI is InChI=1S/C18H23N3O/c1-14(16-9-10-16)20(2)18(22)11-8-15-12-19-21(13-15)17-6-4-3-5-7-17/h3-7,12-14,16H,8-11H2,1-2H3. The average molecular weight is 297 g/mol. The van der Waals surface area contributed by atoms with Gasteiger partial charge in [-0.05, 0) is 49.8 Å². The van der Waals surface area contributed by atoms with Gasteiger partial charge in [-0.25, -0.2) is 4.68 Å². The highest BCUT2D eigenvalue weighted by molar-refractivity contribution is 5.76. The highest BCUT2D eigenvalue weighted by atomic mass is 16.2. The summed E-state index contributed by atoms with van der Waals surface area (Å²) >= 11 is 0. The minimum atomic E-state index is 0.229. The topological polar surface area (TPSA) is 38.1 Å². The van der Waals surface area contributed by atoms with Gasteiger partial charge in [0.1, 0.15) is 0 Å². The summed E-state index contributed by atoms with van der Waals surface area (Å²) in [6.45, 7) is 2.16. The summed E-state index contributed by atoms with van der Waals surface area (Å²) in [6.07, 6.45) is 7.68. The third-order valence-corrected chi connectivity index (χ3v) is 4.59. The highest BCUT2D eigenvalue weighted by Crippen LogP contribution is 2.34. The molecule has 1 aromatic carbocycles. The number of carbonyl (C=O) groups excluding carboxylic acids is 1. The number of amides is 1. The number of carbonyl (C=O) groups is 1. The molecule has 1 fully saturated rings. The van der Waals surface area contributed by atoms with Crippen LogP contribution in [0.2, 0.25) is 0 Å². The molecule has 1 unspecified atom stereocenters. The second-order valence-electron chi connectivity index (χ2n) is 6.21. The second-order valence-corrected chi connectivity index (χ2v) is 6.21. The van der Waals surface area contributed by atoms with Gasteiger partial charge < -0.3 is 4.90 Å². The smallest absolute Gasteiger partial charge is 0.222 e. The Kier molecular flexibility index (Phi) is 4.27. The summed E-state index contributed by atoms with van der Waals surface area (Å²) in [7, 11) is 1.93. The molecular formula is C18H23N3O. The van der Waals surface area contributed by atoms with Crippen LogP contribution in [0.4, 0.5) is 0 Å². The Labute approximate surface area is 131 Å².